The molecule has 0 radical (unpaired) electrons. The Labute approximate surface area is 185 Å². The zero-order chi connectivity index (χ0) is 22.8. The summed E-state index contributed by atoms with van der Waals surface area (Å²) >= 11 is 0. The van der Waals surface area contributed by atoms with E-state index in [0.717, 1.165) is 16.8 Å². The van der Waals surface area contributed by atoms with Gasteiger partial charge in [-0.25, -0.2) is 0 Å². The maximum absolute atomic E-state index is 12.7. The van der Waals surface area contributed by atoms with Crippen LogP contribution in [0.25, 0.3) is 11.4 Å². The molecule has 2 heterocycles. The molecule has 1 aliphatic heterocycles. The van der Waals surface area contributed by atoms with E-state index in [1.807, 2.05) is 32.0 Å². The van der Waals surface area contributed by atoms with Gasteiger partial charge in [-0.15, -0.1) is 0 Å². The lowest BCUT2D eigenvalue weighted by Gasteiger charge is -2.33. The molecule has 4 rings (SSSR count). The number of benzene rings is 2. The Morgan fingerprint density at radius 3 is 2.34 bits per heavy atom. The van der Waals surface area contributed by atoms with Gasteiger partial charge in [0, 0.05) is 24.3 Å². The van der Waals surface area contributed by atoms with Gasteiger partial charge in [-0.3, -0.25) is 9.59 Å². The van der Waals surface area contributed by atoms with Gasteiger partial charge in [-0.2, -0.15) is 4.98 Å². The molecule has 1 aromatic heterocycles. The molecule has 0 N–H and O–H groups in total. The van der Waals surface area contributed by atoms with Crippen molar-refractivity contribution in [3.8, 4) is 22.9 Å². The first-order valence-electron chi connectivity index (χ1n) is 10.1. The van der Waals surface area contributed by atoms with Crippen molar-refractivity contribution in [2.24, 2.45) is 0 Å². The lowest BCUT2D eigenvalue weighted by Crippen LogP contribution is -2.54. The van der Waals surface area contributed by atoms with Crippen molar-refractivity contribution in [2.75, 3.05) is 32.2 Å². The van der Waals surface area contributed by atoms with Crippen molar-refractivity contribution in [1.82, 2.24) is 15.0 Å². The lowest BCUT2D eigenvalue weighted by atomic mass is 10.1. The summed E-state index contributed by atoms with van der Waals surface area (Å²) in [5.74, 6) is 0.567. The Bertz CT molecular complexity index is 1150. The van der Waals surface area contributed by atoms with Gasteiger partial charge >= 0.3 is 11.8 Å². The van der Waals surface area contributed by atoms with E-state index < -0.39 is 11.8 Å². The Morgan fingerprint density at radius 2 is 1.66 bits per heavy atom. The first-order chi connectivity index (χ1) is 15.4. The minimum Gasteiger partial charge on any atom is -0.493 e. The van der Waals surface area contributed by atoms with Crippen LogP contribution in [-0.2, 0) is 16.1 Å². The number of carbonyl (C=O) groups excluding carboxylic acids is 2. The third kappa shape index (κ3) is 4.14. The van der Waals surface area contributed by atoms with Crippen LogP contribution in [0.4, 0.5) is 5.69 Å². The second kappa shape index (κ2) is 8.70. The van der Waals surface area contributed by atoms with E-state index in [4.69, 9.17) is 14.0 Å². The second-order valence-corrected chi connectivity index (χ2v) is 7.61. The highest BCUT2D eigenvalue weighted by atomic mass is 16.5. The van der Waals surface area contributed by atoms with Crippen LogP contribution in [0, 0.1) is 13.8 Å². The smallest absolute Gasteiger partial charge is 0.316 e. The molecule has 1 aliphatic rings. The molecule has 0 spiro atoms. The minimum atomic E-state index is -0.596. The zero-order valence-electron chi connectivity index (χ0n) is 18.4. The van der Waals surface area contributed by atoms with E-state index in [9.17, 15) is 9.59 Å². The molecular weight excluding hydrogens is 412 g/mol. The Balaban J connectivity index is 1.47. The van der Waals surface area contributed by atoms with Crippen LogP contribution in [0.15, 0.2) is 40.9 Å². The number of nitrogens with zero attached hydrogens (tertiary/aromatic N) is 4. The number of amides is 2. The number of aromatic nitrogens is 2. The number of anilines is 1. The summed E-state index contributed by atoms with van der Waals surface area (Å²) in [6.45, 7) is 4.75. The number of hydrogen-bond donors (Lipinski definition) is 0. The van der Waals surface area contributed by atoms with Gasteiger partial charge < -0.3 is 23.8 Å². The molecule has 166 valence electrons. The highest BCUT2D eigenvalue weighted by molar-refractivity contribution is 6.40. The average Bonchev–Trinajstić information content (AvgIpc) is 3.24. The van der Waals surface area contributed by atoms with Crippen molar-refractivity contribution < 1.29 is 23.6 Å². The molecule has 0 aliphatic carbocycles. The van der Waals surface area contributed by atoms with Gasteiger partial charge in [0.15, 0.2) is 11.5 Å². The molecule has 0 unspecified atom stereocenters. The summed E-state index contributed by atoms with van der Waals surface area (Å²) in [7, 11) is 3.10. The van der Waals surface area contributed by atoms with Crippen molar-refractivity contribution in [3.63, 3.8) is 0 Å². The number of carbonyl (C=O) groups is 2. The SMILES string of the molecule is COc1ccc(-c2noc(CN3CCN(c4cc(C)cc(C)c4)C(=O)C3=O)n2)cc1OC. The van der Waals surface area contributed by atoms with E-state index in [-0.39, 0.29) is 12.4 Å². The summed E-state index contributed by atoms with van der Waals surface area (Å²) in [5, 5.41) is 3.99. The number of ether oxygens (including phenoxy) is 2. The summed E-state index contributed by atoms with van der Waals surface area (Å²) < 4.78 is 15.9. The van der Waals surface area contributed by atoms with Gasteiger partial charge in [-0.05, 0) is 55.3 Å². The fraction of sp³-hybridized carbons (Fsp3) is 0.304. The van der Waals surface area contributed by atoms with Crippen molar-refractivity contribution >= 4 is 17.5 Å². The molecule has 0 saturated carbocycles. The second-order valence-electron chi connectivity index (χ2n) is 7.61. The normalized spacial score (nSPS) is 14.1. The van der Waals surface area contributed by atoms with E-state index in [1.54, 1.807) is 32.4 Å². The molecule has 9 heteroatoms. The Kier molecular flexibility index (Phi) is 5.81. The highest BCUT2D eigenvalue weighted by Gasteiger charge is 2.34. The summed E-state index contributed by atoms with van der Waals surface area (Å²) in [6, 6.07) is 11.1. The van der Waals surface area contributed by atoms with Crippen molar-refractivity contribution in [3.05, 3.63) is 53.4 Å². The lowest BCUT2D eigenvalue weighted by molar-refractivity contribution is -0.146. The molecule has 3 aromatic rings. The maximum Gasteiger partial charge on any atom is 0.316 e. The van der Waals surface area contributed by atoms with Gasteiger partial charge in [0.05, 0.1) is 14.2 Å². The quantitative estimate of drug-likeness (QED) is 0.548. The fourth-order valence-electron chi connectivity index (χ4n) is 3.75. The van der Waals surface area contributed by atoms with Gasteiger partial charge in [0.2, 0.25) is 11.7 Å². The minimum absolute atomic E-state index is 0.0611. The largest absolute Gasteiger partial charge is 0.493 e. The summed E-state index contributed by atoms with van der Waals surface area (Å²) in [4.78, 5) is 32.8. The standard InChI is InChI=1S/C23H24N4O5/c1-14-9-15(2)11-17(10-14)27-8-7-26(22(28)23(27)29)13-20-24-21(25-32-20)16-5-6-18(30-3)19(12-16)31-4/h5-6,9-12H,7-8,13H2,1-4H3. The maximum atomic E-state index is 12.7. The zero-order valence-corrected chi connectivity index (χ0v) is 18.4. The van der Waals surface area contributed by atoms with Crippen LogP contribution >= 0.6 is 0 Å². The number of hydrogen-bond acceptors (Lipinski definition) is 7. The molecule has 9 nitrogen and oxygen atoms in total. The number of aryl methyl sites for hydroxylation is 2. The molecule has 2 amide bonds. The third-order valence-corrected chi connectivity index (χ3v) is 5.26. The number of methoxy groups -OCH3 is 2. The van der Waals surface area contributed by atoms with Gasteiger partial charge in [-0.1, -0.05) is 11.2 Å². The first-order valence-corrected chi connectivity index (χ1v) is 10.1. The fourth-order valence-corrected chi connectivity index (χ4v) is 3.75. The van der Waals surface area contributed by atoms with Crippen molar-refractivity contribution in [2.45, 2.75) is 20.4 Å². The molecule has 1 fully saturated rings. The Hall–Kier alpha value is -3.88. The average molecular weight is 436 g/mol. The monoisotopic (exact) mass is 436 g/mol. The van der Waals surface area contributed by atoms with E-state index in [0.29, 0.717) is 36.0 Å². The number of rotatable bonds is 6. The Morgan fingerprint density at radius 1 is 0.938 bits per heavy atom. The predicted molar refractivity (Wildman–Crippen MR) is 117 cm³/mol. The predicted octanol–water partition coefficient (Wildman–Crippen LogP) is 2.75. The highest BCUT2D eigenvalue weighted by Crippen LogP contribution is 2.31. The number of piperazine rings is 1. The molecule has 2 aromatic carbocycles. The molecule has 0 bridgehead atoms. The van der Waals surface area contributed by atoms with Crippen LogP contribution in [0.3, 0.4) is 0 Å². The topological polar surface area (TPSA) is 98.0 Å². The van der Waals surface area contributed by atoms with Crippen LogP contribution in [-0.4, -0.2) is 54.2 Å². The van der Waals surface area contributed by atoms with Crippen molar-refractivity contribution in [1.29, 1.82) is 0 Å². The van der Waals surface area contributed by atoms with E-state index in [2.05, 4.69) is 10.1 Å². The first kappa shape index (κ1) is 21.4. The molecule has 0 atom stereocenters. The third-order valence-electron chi connectivity index (χ3n) is 5.26. The van der Waals surface area contributed by atoms with E-state index >= 15 is 0 Å². The van der Waals surface area contributed by atoms with Crippen LogP contribution in [0.1, 0.15) is 17.0 Å². The van der Waals surface area contributed by atoms with Crippen LogP contribution in [0.2, 0.25) is 0 Å². The molecular formula is C23H24N4O5. The summed E-state index contributed by atoms with van der Waals surface area (Å²) in [5.41, 5.74) is 3.49. The van der Waals surface area contributed by atoms with Crippen LogP contribution in [0.5, 0.6) is 11.5 Å². The van der Waals surface area contributed by atoms with Crippen LogP contribution < -0.4 is 14.4 Å². The molecule has 1 saturated heterocycles. The van der Waals surface area contributed by atoms with Gasteiger partial charge in [0.1, 0.15) is 6.54 Å². The van der Waals surface area contributed by atoms with E-state index in [1.165, 1.54) is 9.80 Å². The summed E-state index contributed by atoms with van der Waals surface area (Å²) in [6.07, 6.45) is 0. The molecule has 32 heavy (non-hydrogen) atoms. The van der Waals surface area contributed by atoms with Gasteiger partial charge in [0.25, 0.3) is 0 Å².